The van der Waals surface area contributed by atoms with Crippen LogP contribution in [0.4, 0.5) is 0 Å². The minimum atomic E-state index is 0.253. The predicted octanol–water partition coefficient (Wildman–Crippen LogP) is 3.94. The zero-order valence-corrected chi connectivity index (χ0v) is 11.4. The lowest BCUT2D eigenvalue weighted by Gasteiger charge is -2.35. The third-order valence-corrected chi connectivity index (χ3v) is 4.25. The molecule has 0 radical (unpaired) electrons. The van der Waals surface area contributed by atoms with Crippen LogP contribution in [0.1, 0.15) is 47.5 Å². The van der Waals surface area contributed by atoms with Gasteiger partial charge in [0.1, 0.15) is 0 Å². The third-order valence-electron chi connectivity index (χ3n) is 4.25. The molecule has 2 unspecified atom stereocenters. The fraction of sp³-hybridized carbons (Fsp3) is 0.733. The minimum Gasteiger partial charge on any atom is -0.396 e. The number of aliphatic hydroxyl groups is 1. The average Bonchev–Trinajstić information content (AvgIpc) is 2.45. The van der Waals surface area contributed by atoms with Crippen LogP contribution in [0.15, 0.2) is 23.3 Å². The third kappa shape index (κ3) is 2.76. The molecule has 0 spiro atoms. The molecule has 0 amide bonds. The van der Waals surface area contributed by atoms with Gasteiger partial charge in [0, 0.05) is 6.61 Å². The standard InChI is InChI=1S/C15H26O/c1-11(2)6-8-13(10-16)14-9-7-12(3)15(14,4)5/h6-7,13-14,16H,8-10H2,1-5H3. The summed E-state index contributed by atoms with van der Waals surface area (Å²) in [4.78, 5) is 0. The lowest BCUT2D eigenvalue weighted by molar-refractivity contribution is 0.122. The van der Waals surface area contributed by atoms with Crippen molar-refractivity contribution in [2.75, 3.05) is 6.61 Å². The molecule has 1 N–H and O–H groups in total. The molecule has 1 heteroatoms. The van der Waals surface area contributed by atoms with Gasteiger partial charge in [-0.05, 0) is 50.9 Å². The number of rotatable bonds is 4. The molecule has 0 aromatic rings. The minimum absolute atomic E-state index is 0.253. The van der Waals surface area contributed by atoms with E-state index in [1.54, 1.807) is 0 Å². The Morgan fingerprint density at radius 3 is 2.56 bits per heavy atom. The topological polar surface area (TPSA) is 20.2 Å². The second-order valence-corrected chi connectivity index (χ2v) is 5.91. The van der Waals surface area contributed by atoms with Crippen LogP contribution in [0.5, 0.6) is 0 Å². The van der Waals surface area contributed by atoms with E-state index in [-0.39, 0.29) is 5.41 Å². The van der Waals surface area contributed by atoms with E-state index < -0.39 is 0 Å². The summed E-state index contributed by atoms with van der Waals surface area (Å²) in [6, 6.07) is 0. The lowest BCUT2D eigenvalue weighted by Crippen LogP contribution is -2.29. The maximum absolute atomic E-state index is 9.57. The van der Waals surface area contributed by atoms with Crippen molar-refractivity contribution in [3.63, 3.8) is 0 Å². The molecule has 1 nitrogen and oxygen atoms in total. The van der Waals surface area contributed by atoms with Gasteiger partial charge in [0.2, 0.25) is 0 Å². The highest BCUT2D eigenvalue weighted by Gasteiger charge is 2.38. The molecule has 0 aromatic carbocycles. The lowest BCUT2D eigenvalue weighted by atomic mass is 9.70. The van der Waals surface area contributed by atoms with Gasteiger partial charge in [-0.1, -0.05) is 37.1 Å². The molecule has 1 aliphatic rings. The van der Waals surface area contributed by atoms with Gasteiger partial charge < -0.3 is 5.11 Å². The van der Waals surface area contributed by atoms with Gasteiger partial charge in [0.25, 0.3) is 0 Å². The van der Waals surface area contributed by atoms with Crippen molar-refractivity contribution < 1.29 is 5.11 Å². The Morgan fingerprint density at radius 1 is 1.56 bits per heavy atom. The molecule has 0 aliphatic heterocycles. The predicted molar refractivity (Wildman–Crippen MR) is 70.3 cm³/mol. The Kier molecular flexibility index (Phi) is 4.37. The monoisotopic (exact) mass is 222 g/mol. The van der Waals surface area contributed by atoms with Crippen LogP contribution in [-0.4, -0.2) is 11.7 Å². The van der Waals surface area contributed by atoms with E-state index in [0.29, 0.717) is 18.4 Å². The van der Waals surface area contributed by atoms with Crippen molar-refractivity contribution in [1.29, 1.82) is 0 Å². The van der Waals surface area contributed by atoms with E-state index in [1.165, 1.54) is 11.1 Å². The van der Waals surface area contributed by atoms with E-state index in [9.17, 15) is 5.11 Å². The summed E-state index contributed by atoms with van der Waals surface area (Å²) >= 11 is 0. The summed E-state index contributed by atoms with van der Waals surface area (Å²) in [5, 5.41) is 9.57. The zero-order valence-electron chi connectivity index (χ0n) is 11.4. The zero-order chi connectivity index (χ0) is 12.3. The van der Waals surface area contributed by atoms with Crippen molar-refractivity contribution >= 4 is 0 Å². The molecule has 0 saturated carbocycles. The molecule has 16 heavy (non-hydrogen) atoms. The first-order chi connectivity index (χ1) is 7.39. The number of allylic oxidation sites excluding steroid dienone is 4. The summed E-state index contributed by atoms with van der Waals surface area (Å²) < 4.78 is 0. The quantitative estimate of drug-likeness (QED) is 0.714. The Labute approximate surface area is 100 Å². The Morgan fingerprint density at radius 2 is 2.19 bits per heavy atom. The van der Waals surface area contributed by atoms with Crippen molar-refractivity contribution in [2.45, 2.75) is 47.5 Å². The number of aliphatic hydroxyl groups excluding tert-OH is 1. The van der Waals surface area contributed by atoms with Crippen LogP contribution in [0.2, 0.25) is 0 Å². The molecule has 0 heterocycles. The molecule has 92 valence electrons. The molecule has 1 aliphatic carbocycles. The number of hydrogen-bond acceptors (Lipinski definition) is 1. The highest BCUT2D eigenvalue weighted by atomic mass is 16.3. The summed E-state index contributed by atoms with van der Waals surface area (Å²) in [5.74, 6) is 0.992. The van der Waals surface area contributed by atoms with E-state index in [1.807, 2.05) is 0 Å². The normalized spacial score (nSPS) is 25.1. The van der Waals surface area contributed by atoms with Crippen LogP contribution in [-0.2, 0) is 0 Å². The van der Waals surface area contributed by atoms with Gasteiger partial charge in [-0.15, -0.1) is 0 Å². The van der Waals surface area contributed by atoms with Gasteiger partial charge in [0.05, 0.1) is 0 Å². The fourth-order valence-corrected chi connectivity index (χ4v) is 2.69. The molecular formula is C15H26O. The van der Waals surface area contributed by atoms with Crippen LogP contribution in [0.25, 0.3) is 0 Å². The second-order valence-electron chi connectivity index (χ2n) is 5.91. The molecular weight excluding hydrogens is 196 g/mol. The first kappa shape index (κ1) is 13.5. The van der Waals surface area contributed by atoms with E-state index in [2.05, 4.69) is 46.8 Å². The van der Waals surface area contributed by atoms with E-state index in [4.69, 9.17) is 0 Å². The summed E-state index contributed by atoms with van der Waals surface area (Å²) in [5.41, 5.74) is 3.08. The van der Waals surface area contributed by atoms with Crippen LogP contribution >= 0.6 is 0 Å². The van der Waals surface area contributed by atoms with E-state index >= 15 is 0 Å². The average molecular weight is 222 g/mol. The molecule has 1 rings (SSSR count). The smallest absolute Gasteiger partial charge is 0.0465 e. The molecule has 0 saturated heterocycles. The summed E-state index contributed by atoms with van der Waals surface area (Å²) in [6.07, 6.45) is 6.73. The largest absolute Gasteiger partial charge is 0.396 e. The van der Waals surface area contributed by atoms with Crippen molar-refractivity contribution in [1.82, 2.24) is 0 Å². The van der Waals surface area contributed by atoms with Gasteiger partial charge in [-0.3, -0.25) is 0 Å². The SMILES string of the molecule is CC(C)=CCC(CO)C1CC=C(C)C1(C)C. The maximum atomic E-state index is 9.57. The van der Waals surface area contributed by atoms with Crippen LogP contribution in [0.3, 0.4) is 0 Å². The highest BCUT2D eigenvalue weighted by Crippen LogP contribution is 2.47. The highest BCUT2D eigenvalue weighted by molar-refractivity contribution is 5.19. The first-order valence-corrected chi connectivity index (χ1v) is 6.31. The second kappa shape index (κ2) is 5.18. The van der Waals surface area contributed by atoms with Crippen LogP contribution in [0, 0.1) is 17.3 Å². The molecule has 0 aromatic heterocycles. The molecule has 0 bridgehead atoms. The summed E-state index contributed by atoms with van der Waals surface area (Å²) in [7, 11) is 0. The summed E-state index contributed by atoms with van der Waals surface area (Å²) in [6.45, 7) is 11.4. The Bertz CT molecular complexity index is 293. The van der Waals surface area contributed by atoms with Crippen molar-refractivity contribution in [3.8, 4) is 0 Å². The van der Waals surface area contributed by atoms with Gasteiger partial charge in [0.15, 0.2) is 0 Å². The molecule has 0 fully saturated rings. The Hall–Kier alpha value is -0.560. The Balaban J connectivity index is 2.72. The van der Waals surface area contributed by atoms with Crippen LogP contribution < -0.4 is 0 Å². The van der Waals surface area contributed by atoms with Crippen molar-refractivity contribution in [3.05, 3.63) is 23.3 Å². The van der Waals surface area contributed by atoms with Crippen molar-refractivity contribution in [2.24, 2.45) is 17.3 Å². The van der Waals surface area contributed by atoms with Gasteiger partial charge in [-0.25, -0.2) is 0 Å². The van der Waals surface area contributed by atoms with Gasteiger partial charge >= 0.3 is 0 Å². The van der Waals surface area contributed by atoms with Gasteiger partial charge in [-0.2, -0.15) is 0 Å². The number of hydrogen-bond donors (Lipinski definition) is 1. The fourth-order valence-electron chi connectivity index (χ4n) is 2.69. The van der Waals surface area contributed by atoms with E-state index in [0.717, 1.165) is 12.8 Å². The first-order valence-electron chi connectivity index (χ1n) is 6.31. The maximum Gasteiger partial charge on any atom is 0.0465 e. The molecule has 2 atom stereocenters.